The number of fused-ring (bicyclic) bond motifs is 4. The lowest BCUT2D eigenvalue weighted by atomic mass is 9.69. The summed E-state index contributed by atoms with van der Waals surface area (Å²) in [7, 11) is 0. The summed E-state index contributed by atoms with van der Waals surface area (Å²) in [5.74, 6) is -0.474. The molecule has 7 atom stereocenters. The van der Waals surface area contributed by atoms with Gasteiger partial charge in [-0.3, -0.25) is 0 Å². The second-order valence-corrected chi connectivity index (χ2v) is 11.1. The van der Waals surface area contributed by atoms with Gasteiger partial charge in [-0.2, -0.15) is 10.2 Å². The first-order valence-corrected chi connectivity index (χ1v) is 12.3. The van der Waals surface area contributed by atoms with Gasteiger partial charge >= 0.3 is 11.9 Å². The zero-order valence-electron chi connectivity index (χ0n) is 20.5. The van der Waals surface area contributed by atoms with Crippen molar-refractivity contribution >= 4 is 11.9 Å². The smallest absolute Gasteiger partial charge is 0.338 e. The number of ether oxygens (including phenoxy) is 3. The third-order valence-corrected chi connectivity index (χ3v) is 8.86. The van der Waals surface area contributed by atoms with E-state index in [2.05, 4.69) is 31.0 Å². The summed E-state index contributed by atoms with van der Waals surface area (Å²) in [5.41, 5.74) is -0.536. The van der Waals surface area contributed by atoms with Gasteiger partial charge in [-0.25, -0.2) is 9.59 Å². The highest BCUT2D eigenvalue weighted by molar-refractivity contribution is 5.89. The van der Waals surface area contributed by atoms with E-state index in [-0.39, 0.29) is 23.7 Å². The minimum atomic E-state index is -0.774. The molecule has 3 aliphatic heterocycles. The lowest BCUT2D eigenvalue weighted by molar-refractivity contribution is -0.259. The largest absolute Gasteiger partial charge is 0.457 e. The van der Waals surface area contributed by atoms with Crippen LogP contribution in [0.25, 0.3) is 0 Å². The highest BCUT2D eigenvalue weighted by Crippen LogP contribution is 2.63. The zero-order valence-corrected chi connectivity index (χ0v) is 20.5. The number of carbonyl (C=O) groups is 2. The van der Waals surface area contributed by atoms with Crippen LogP contribution in [0.3, 0.4) is 0 Å². The summed E-state index contributed by atoms with van der Waals surface area (Å²) in [6.07, 6.45) is 1.39. The number of aliphatic hydroxyl groups excluding tert-OH is 1. The van der Waals surface area contributed by atoms with Gasteiger partial charge < -0.3 is 19.3 Å². The molecule has 1 aromatic rings. The summed E-state index contributed by atoms with van der Waals surface area (Å²) in [6.45, 7) is 9.61. The van der Waals surface area contributed by atoms with Gasteiger partial charge in [-0.1, -0.05) is 32.9 Å². The SMILES string of the molecule is CC(C)[C@@]12C[C@@H](OC(=O)CO)C(C)(O1)[C@@H]1CC[C@@H](C)[C@H]1[C@@H]2OC(=O)c1ccc(C2(C)N=N2)cc1. The highest BCUT2D eigenvalue weighted by Gasteiger charge is 2.72. The maximum absolute atomic E-state index is 13.4. The Morgan fingerprint density at radius 2 is 1.82 bits per heavy atom. The molecule has 0 amide bonds. The summed E-state index contributed by atoms with van der Waals surface area (Å²) >= 11 is 0. The molecule has 1 saturated carbocycles. The van der Waals surface area contributed by atoms with Crippen molar-refractivity contribution < 1.29 is 28.9 Å². The Morgan fingerprint density at radius 1 is 1.15 bits per heavy atom. The van der Waals surface area contributed by atoms with Crippen molar-refractivity contribution in [2.45, 2.75) is 83.0 Å². The number of esters is 2. The molecule has 8 heteroatoms. The van der Waals surface area contributed by atoms with E-state index in [1.807, 2.05) is 26.0 Å². The van der Waals surface area contributed by atoms with Crippen LogP contribution in [-0.4, -0.2) is 47.1 Å². The number of carbonyl (C=O) groups excluding carboxylic acids is 2. The van der Waals surface area contributed by atoms with E-state index in [0.29, 0.717) is 17.9 Å². The molecule has 34 heavy (non-hydrogen) atoms. The summed E-state index contributed by atoms with van der Waals surface area (Å²) in [5, 5.41) is 17.4. The second-order valence-electron chi connectivity index (χ2n) is 11.1. The first-order valence-electron chi connectivity index (χ1n) is 12.3. The molecular weight excluding hydrogens is 436 g/mol. The van der Waals surface area contributed by atoms with E-state index < -0.39 is 41.6 Å². The van der Waals surface area contributed by atoms with E-state index in [4.69, 9.17) is 14.2 Å². The van der Waals surface area contributed by atoms with Crippen LogP contribution in [0, 0.1) is 23.7 Å². The van der Waals surface area contributed by atoms with Gasteiger partial charge in [0.1, 0.15) is 30.0 Å². The van der Waals surface area contributed by atoms with Crippen molar-refractivity contribution in [1.82, 2.24) is 0 Å². The number of hydrogen-bond donors (Lipinski definition) is 1. The summed E-state index contributed by atoms with van der Waals surface area (Å²) in [6, 6.07) is 7.25. The van der Waals surface area contributed by atoms with Crippen LogP contribution < -0.4 is 0 Å². The van der Waals surface area contributed by atoms with Crippen LogP contribution in [-0.2, 0) is 24.7 Å². The fraction of sp³-hybridized carbons (Fsp3) is 0.692. The molecule has 4 aliphatic rings. The molecule has 0 spiro atoms. The average Bonchev–Trinajstić information content (AvgIpc) is 3.34. The Balaban J connectivity index is 1.47. The van der Waals surface area contributed by atoms with Crippen LogP contribution in [0.1, 0.15) is 69.8 Å². The molecule has 1 aliphatic carbocycles. The average molecular weight is 471 g/mol. The predicted octanol–water partition coefficient (Wildman–Crippen LogP) is 4.00. The molecule has 2 saturated heterocycles. The van der Waals surface area contributed by atoms with Crippen molar-refractivity contribution in [1.29, 1.82) is 0 Å². The fourth-order valence-electron chi connectivity index (χ4n) is 6.74. The van der Waals surface area contributed by atoms with Gasteiger partial charge in [0.2, 0.25) is 5.66 Å². The topological polar surface area (TPSA) is 107 Å². The normalized spacial score (nSPS) is 39.1. The monoisotopic (exact) mass is 470 g/mol. The van der Waals surface area contributed by atoms with Crippen molar-refractivity contribution in [2.75, 3.05) is 6.61 Å². The second kappa shape index (κ2) is 7.85. The lowest BCUT2D eigenvalue weighted by Gasteiger charge is -2.53. The molecule has 1 aromatic carbocycles. The standard InChI is InChI=1S/C26H34N2O6/c1-14(2)26-12-19(32-20(30)13-29)24(4,34-26)18-11-6-15(3)21(18)22(26)33-23(31)16-7-9-17(10-8-16)25(5)27-28-25/h7-10,14-15,18-19,21-22,29H,6,11-13H2,1-5H3/t15-,18-,19-,21-,22+,24?,26-/m1/s1. The van der Waals surface area contributed by atoms with Gasteiger partial charge in [0.05, 0.1) is 5.56 Å². The van der Waals surface area contributed by atoms with Crippen LogP contribution in [0.4, 0.5) is 0 Å². The molecule has 0 radical (unpaired) electrons. The number of hydrogen-bond acceptors (Lipinski definition) is 8. The van der Waals surface area contributed by atoms with Gasteiger partial charge in [-0.15, -0.1) is 0 Å². The first kappa shape index (κ1) is 23.4. The molecule has 3 fully saturated rings. The van der Waals surface area contributed by atoms with Crippen molar-refractivity contribution in [3.05, 3.63) is 35.4 Å². The first-order chi connectivity index (χ1) is 16.0. The minimum absolute atomic E-state index is 0.0246. The van der Waals surface area contributed by atoms with Crippen LogP contribution >= 0.6 is 0 Å². The molecule has 0 aromatic heterocycles. The van der Waals surface area contributed by atoms with Gasteiger partial charge in [0, 0.05) is 17.9 Å². The summed E-state index contributed by atoms with van der Waals surface area (Å²) < 4.78 is 18.8. The number of benzene rings is 1. The molecule has 5 rings (SSSR count). The maximum Gasteiger partial charge on any atom is 0.338 e. The molecular formula is C26H34N2O6. The van der Waals surface area contributed by atoms with E-state index in [9.17, 15) is 14.7 Å². The molecule has 184 valence electrons. The minimum Gasteiger partial charge on any atom is -0.457 e. The number of rotatable bonds is 6. The third-order valence-electron chi connectivity index (χ3n) is 8.86. The Hall–Kier alpha value is -2.32. The molecule has 3 heterocycles. The summed E-state index contributed by atoms with van der Waals surface area (Å²) in [4.78, 5) is 25.4. The van der Waals surface area contributed by atoms with E-state index >= 15 is 0 Å². The van der Waals surface area contributed by atoms with Gasteiger partial charge in [0.15, 0.2) is 0 Å². The number of nitrogens with zero attached hydrogens (tertiary/aromatic N) is 2. The van der Waals surface area contributed by atoms with E-state index in [0.717, 1.165) is 18.4 Å². The fourth-order valence-corrected chi connectivity index (χ4v) is 6.74. The van der Waals surface area contributed by atoms with Crippen LogP contribution in [0.5, 0.6) is 0 Å². The van der Waals surface area contributed by atoms with Gasteiger partial charge in [-0.05, 0) is 56.6 Å². The van der Waals surface area contributed by atoms with E-state index in [1.165, 1.54) is 0 Å². The van der Waals surface area contributed by atoms with Crippen molar-refractivity contribution in [3.63, 3.8) is 0 Å². The Morgan fingerprint density at radius 3 is 2.41 bits per heavy atom. The van der Waals surface area contributed by atoms with Crippen molar-refractivity contribution in [3.8, 4) is 0 Å². The van der Waals surface area contributed by atoms with Crippen LogP contribution in [0.2, 0.25) is 0 Å². The van der Waals surface area contributed by atoms with Crippen LogP contribution in [0.15, 0.2) is 34.5 Å². The maximum atomic E-state index is 13.4. The predicted molar refractivity (Wildman–Crippen MR) is 122 cm³/mol. The molecule has 8 nitrogen and oxygen atoms in total. The van der Waals surface area contributed by atoms with Crippen molar-refractivity contribution in [2.24, 2.45) is 33.9 Å². The Labute approximate surface area is 200 Å². The molecule has 1 unspecified atom stereocenters. The highest BCUT2D eigenvalue weighted by atomic mass is 16.6. The quantitative estimate of drug-likeness (QED) is 0.630. The van der Waals surface area contributed by atoms with E-state index in [1.54, 1.807) is 12.1 Å². The zero-order chi connectivity index (χ0) is 24.5. The third kappa shape index (κ3) is 3.40. The Bertz CT molecular complexity index is 1020. The Kier molecular flexibility index (Phi) is 5.41. The molecule has 2 bridgehead atoms. The number of aliphatic hydroxyl groups is 1. The lowest BCUT2D eigenvalue weighted by Crippen LogP contribution is -2.62. The molecule has 1 N–H and O–H groups in total. The van der Waals surface area contributed by atoms with Gasteiger partial charge in [0.25, 0.3) is 0 Å².